The summed E-state index contributed by atoms with van der Waals surface area (Å²) in [7, 11) is -2.22. The van der Waals surface area contributed by atoms with Gasteiger partial charge in [-0.2, -0.15) is 8.42 Å². The summed E-state index contributed by atoms with van der Waals surface area (Å²) in [6, 6.07) is 11.1. The van der Waals surface area contributed by atoms with Gasteiger partial charge in [-0.1, -0.05) is 23.7 Å². The fraction of sp³-hybridized carbons (Fsp3) is 0.300. The van der Waals surface area contributed by atoms with Crippen molar-refractivity contribution in [3.63, 3.8) is 0 Å². The van der Waals surface area contributed by atoms with Gasteiger partial charge in [0.15, 0.2) is 5.84 Å². The minimum atomic E-state index is -3.75. The summed E-state index contributed by atoms with van der Waals surface area (Å²) < 4.78 is 39.4. The molecule has 2 aliphatic rings. The second kappa shape index (κ2) is 7.68. The van der Waals surface area contributed by atoms with E-state index >= 15 is 0 Å². The summed E-state index contributed by atoms with van der Waals surface area (Å²) in [5, 5.41) is 0.515. The summed E-state index contributed by atoms with van der Waals surface area (Å²) in [5.74, 6) is 0.445. The standard InChI is InChI=1S/C20H19ClN2O5S/c1-27-17-9-8-14(21)11-13(17)12-28-20(24)16-6-4-10-23(16)19-15-5-2-3-7-18(15)29(25,26)22-19/h2-3,5,7-9,11,16H,4,6,10,12H2,1H3/t16-/m1/s1. The van der Waals surface area contributed by atoms with Crippen molar-refractivity contribution in [2.24, 2.45) is 4.40 Å². The third-order valence-corrected chi connectivity index (χ3v) is 6.58. The summed E-state index contributed by atoms with van der Waals surface area (Å²) in [6.07, 6.45) is 1.30. The first-order chi connectivity index (χ1) is 13.9. The highest BCUT2D eigenvalue weighted by Crippen LogP contribution is 2.31. The molecule has 0 unspecified atom stereocenters. The van der Waals surface area contributed by atoms with Crippen LogP contribution in [0.3, 0.4) is 0 Å². The van der Waals surface area contributed by atoms with Crippen LogP contribution in [0.25, 0.3) is 0 Å². The van der Waals surface area contributed by atoms with Crippen LogP contribution in [-0.2, 0) is 26.2 Å². The van der Waals surface area contributed by atoms with E-state index in [4.69, 9.17) is 21.1 Å². The number of esters is 1. The molecule has 2 heterocycles. The number of hydrogen-bond donors (Lipinski definition) is 0. The highest BCUT2D eigenvalue weighted by molar-refractivity contribution is 7.90. The lowest BCUT2D eigenvalue weighted by Crippen LogP contribution is -2.41. The largest absolute Gasteiger partial charge is 0.496 e. The first-order valence-corrected chi connectivity index (χ1v) is 10.9. The number of benzene rings is 2. The molecular formula is C20H19ClN2O5S. The van der Waals surface area contributed by atoms with Gasteiger partial charge in [0.2, 0.25) is 0 Å². The number of likely N-dealkylation sites (tertiary alicyclic amines) is 1. The highest BCUT2D eigenvalue weighted by atomic mass is 35.5. The van der Waals surface area contributed by atoms with Crippen LogP contribution < -0.4 is 4.74 Å². The van der Waals surface area contributed by atoms with Gasteiger partial charge in [0.05, 0.1) is 7.11 Å². The zero-order chi connectivity index (χ0) is 20.6. The van der Waals surface area contributed by atoms with E-state index in [1.165, 1.54) is 13.2 Å². The van der Waals surface area contributed by atoms with E-state index in [1.54, 1.807) is 41.3 Å². The maximum absolute atomic E-state index is 12.8. The molecule has 0 aromatic heterocycles. The number of sulfonamides is 1. The Balaban J connectivity index is 1.54. The van der Waals surface area contributed by atoms with Crippen molar-refractivity contribution in [2.45, 2.75) is 30.4 Å². The van der Waals surface area contributed by atoms with Crippen molar-refractivity contribution < 1.29 is 22.7 Å². The topological polar surface area (TPSA) is 85.3 Å². The molecule has 0 amide bonds. The average molecular weight is 435 g/mol. The molecule has 0 spiro atoms. The molecule has 152 valence electrons. The highest BCUT2D eigenvalue weighted by Gasteiger charge is 2.39. The molecule has 9 heteroatoms. The first-order valence-electron chi connectivity index (χ1n) is 9.11. The number of carbonyl (C=O) groups excluding carboxylic acids is 1. The number of nitrogens with zero attached hydrogens (tertiary/aromatic N) is 2. The lowest BCUT2D eigenvalue weighted by atomic mass is 10.1. The van der Waals surface area contributed by atoms with Gasteiger partial charge < -0.3 is 14.4 Å². The minimum absolute atomic E-state index is 0.00820. The van der Waals surface area contributed by atoms with E-state index in [-0.39, 0.29) is 11.5 Å². The van der Waals surface area contributed by atoms with E-state index in [0.717, 1.165) is 6.42 Å². The number of ether oxygens (including phenoxy) is 2. The predicted molar refractivity (Wildman–Crippen MR) is 108 cm³/mol. The number of carbonyl (C=O) groups is 1. The van der Waals surface area contributed by atoms with Gasteiger partial charge in [0, 0.05) is 22.7 Å². The summed E-state index contributed by atoms with van der Waals surface area (Å²) in [6.45, 7) is 0.539. The first kappa shape index (κ1) is 19.7. The quantitative estimate of drug-likeness (QED) is 0.687. The smallest absolute Gasteiger partial charge is 0.329 e. The number of hydrogen-bond acceptors (Lipinski definition) is 6. The Morgan fingerprint density at radius 1 is 1.28 bits per heavy atom. The fourth-order valence-electron chi connectivity index (χ4n) is 3.67. The van der Waals surface area contributed by atoms with Crippen molar-refractivity contribution in [3.8, 4) is 5.75 Å². The Labute approximate surface area is 174 Å². The zero-order valence-corrected chi connectivity index (χ0v) is 17.2. The maximum atomic E-state index is 12.8. The fourth-order valence-corrected chi connectivity index (χ4v) is 5.08. The summed E-state index contributed by atoms with van der Waals surface area (Å²) >= 11 is 6.02. The molecule has 0 aliphatic carbocycles. The van der Waals surface area contributed by atoms with Gasteiger partial charge in [-0.05, 0) is 43.2 Å². The molecule has 29 heavy (non-hydrogen) atoms. The lowest BCUT2D eigenvalue weighted by molar-refractivity contribution is -0.149. The van der Waals surface area contributed by atoms with Crippen LogP contribution in [0.15, 0.2) is 51.8 Å². The normalized spacial score (nSPS) is 19.6. The molecule has 7 nitrogen and oxygen atoms in total. The molecule has 0 saturated carbocycles. The predicted octanol–water partition coefficient (Wildman–Crippen LogP) is 3.01. The van der Waals surface area contributed by atoms with E-state index in [1.807, 2.05) is 0 Å². The molecule has 2 aromatic carbocycles. The SMILES string of the molecule is COc1ccc(Cl)cc1COC(=O)[C@H]1CCCN1C1=NS(=O)(=O)c2ccccc21. The van der Waals surface area contributed by atoms with Crippen LogP contribution in [0.5, 0.6) is 5.75 Å². The van der Waals surface area contributed by atoms with Crippen molar-refractivity contribution in [3.05, 3.63) is 58.6 Å². The second-order valence-corrected chi connectivity index (χ2v) is 8.81. The van der Waals surface area contributed by atoms with Crippen LogP contribution >= 0.6 is 11.6 Å². The van der Waals surface area contributed by atoms with Crippen molar-refractivity contribution in [1.29, 1.82) is 0 Å². The average Bonchev–Trinajstić information content (AvgIpc) is 3.29. The molecule has 1 saturated heterocycles. The van der Waals surface area contributed by atoms with E-state index < -0.39 is 22.0 Å². The summed E-state index contributed by atoms with van der Waals surface area (Å²) in [5.41, 5.74) is 1.17. The molecule has 1 atom stereocenters. The monoisotopic (exact) mass is 434 g/mol. The molecule has 2 aliphatic heterocycles. The number of methoxy groups -OCH3 is 1. The van der Waals surface area contributed by atoms with Gasteiger partial charge in [-0.25, -0.2) is 4.79 Å². The van der Waals surface area contributed by atoms with Crippen LogP contribution in [0.2, 0.25) is 5.02 Å². The van der Waals surface area contributed by atoms with Crippen molar-refractivity contribution >= 4 is 33.4 Å². The van der Waals surface area contributed by atoms with E-state index in [9.17, 15) is 13.2 Å². The molecular weight excluding hydrogens is 416 g/mol. The van der Waals surface area contributed by atoms with Crippen molar-refractivity contribution in [2.75, 3.05) is 13.7 Å². The molecule has 4 rings (SSSR count). The molecule has 2 aromatic rings. The molecule has 0 bridgehead atoms. The van der Waals surface area contributed by atoms with Crippen LogP contribution in [0.4, 0.5) is 0 Å². The third-order valence-electron chi connectivity index (χ3n) is 5.02. The van der Waals surface area contributed by atoms with Crippen LogP contribution in [-0.4, -0.2) is 44.8 Å². The number of halogens is 1. The Morgan fingerprint density at radius 2 is 2.07 bits per heavy atom. The number of amidine groups is 1. The number of rotatable bonds is 4. The van der Waals surface area contributed by atoms with Gasteiger partial charge in [-0.3, -0.25) is 0 Å². The Kier molecular flexibility index (Phi) is 5.23. The van der Waals surface area contributed by atoms with E-state index in [2.05, 4.69) is 4.40 Å². The molecule has 1 fully saturated rings. The summed E-state index contributed by atoms with van der Waals surface area (Å²) in [4.78, 5) is 14.7. The van der Waals surface area contributed by atoms with Gasteiger partial charge >= 0.3 is 5.97 Å². The maximum Gasteiger partial charge on any atom is 0.329 e. The Bertz CT molecular complexity index is 1100. The third kappa shape index (κ3) is 3.70. The lowest BCUT2D eigenvalue weighted by Gasteiger charge is -2.25. The van der Waals surface area contributed by atoms with Gasteiger partial charge in [0.25, 0.3) is 10.0 Å². The van der Waals surface area contributed by atoms with Gasteiger partial charge in [-0.15, -0.1) is 4.40 Å². The zero-order valence-electron chi connectivity index (χ0n) is 15.7. The Morgan fingerprint density at radius 3 is 2.86 bits per heavy atom. The molecule has 0 radical (unpaired) electrons. The molecule has 0 N–H and O–H groups in total. The minimum Gasteiger partial charge on any atom is -0.496 e. The van der Waals surface area contributed by atoms with Crippen molar-refractivity contribution in [1.82, 2.24) is 4.90 Å². The second-order valence-electron chi connectivity index (χ2n) is 6.80. The van der Waals surface area contributed by atoms with Gasteiger partial charge in [0.1, 0.15) is 23.3 Å². The number of fused-ring (bicyclic) bond motifs is 1. The van der Waals surface area contributed by atoms with E-state index in [0.29, 0.717) is 40.7 Å². The van der Waals surface area contributed by atoms with Crippen LogP contribution in [0, 0.1) is 0 Å². The van der Waals surface area contributed by atoms with Crippen LogP contribution in [0.1, 0.15) is 24.0 Å². The Hall–Kier alpha value is -2.58.